The number of nitrogens with zero attached hydrogens (tertiary/aromatic N) is 3. The van der Waals surface area contributed by atoms with Gasteiger partial charge in [-0.15, -0.1) is 0 Å². The second-order valence-corrected chi connectivity index (χ2v) is 5.92. The Labute approximate surface area is 160 Å². The van der Waals surface area contributed by atoms with Crippen molar-refractivity contribution in [3.8, 4) is 17.2 Å². The molecule has 0 atom stereocenters. The van der Waals surface area contributed by atoms with Gasteiger partial charge in [-0.25, -0.2) is 9.78 Å². The molecule has 0 saturated carbocycles. The van der Waals surface area contributed by atoms with Crippen LogP contribution in [0.2, 0.25) is 0 Å². The molecule has 0 saturated heterocycles. The number of rotatable bonds is 7. The minimum Gasteiger partial charge on any atom is -0.497 e. The van der Waals surface area contributed by atoms with Crippen LogP contribution in [0.5, 0.6) is 5.75 Å². The highest BCUT2D eigenvalue weighted by atomic mass is 16.5. The fourth-order valence-corrected chi connectivity index (χ4v) is 2.58. The van der Waals surface area contributed by atoms with Gasteiger partial charge in [0, 0.05) is 18.0 Å². The van der Waals surface area contributed by atoms with Crippen LogP contribution in [0.25, 0.3) is 11.5 Å². The highest BCUT2D eigenvalue weighted by molar-refractivity contribution is 5.86. The number of oxazole rings is 1. The van der Waals surface area contributed by atoms with Crippen molar-refractivity contribution >= 4 is 5.97 Å². The molecule has 0 fully saturated rings. The smallest absolute Gasteiger partial charge is 0.374 e. The average molecular weight is 379 g/mol. The zero-order valence-electron chi connectivity index (χ0n) is 15.1. The molecule has 0 aliphatic carbocycles. The first-order valence-corrected chi connectivity index (χ1v) is 8.53. The Balaban J connectivity index is 1.35. The number of ether oxygens (including phenoxy) is 2. The van der Waals surface area contributed by atoms with Crippen molar-refractivity contribution < 1.29 is 23.1 Å². The molecule has 4 aromatic rings. The molecular weight excluding hydrogens is 362 g/mol. The number of carbonyl (C=O) groups is 1. The van der Waals surface area contributed by atoms with Gasteiger partial charge in [0.1, 0.15) is 30.1 Å². The van der Waals surface area contributed by atoms with Gasteiger partial charge in [0.2, 0.25) is 11.7 Å². The van der Waals surface area contributed by atoms with Crippen molar-refractivity contribution in [2.24, 2.45) is 0 Å². The summed E-state index contributed by atoms with van der Waals surface area (Å²) in [6, 6.07) is 12.4. The topological polar surface area (TPSA) is 92.5 Å². The Hall–Kier alpha value is -3.81. The number of furan rings is 1. The van der Waals surface area contributed by atoms with Gasteiger partial charge in [0.05, 0.1) is 13.7 Å². The van der Waals surface area contributed by atoms with Crippen LogP contribution in [0.4, 0.5) is 0 Å². The van der Waals surface area contributed by atoms with Gasteiger partial charge >= 0.3 is 5.97 Å². The van der Waals surface area contributed by atoms with Crippen molar-refractivity contribution in [3.63, 3.8) is 0 Å². The van der Waals surface area contributed by atoms with Crippen molar-refractivity contribution in [1.82, 2.24) is 14.8 Å². The highest BCUT2D eigenvalue weighted by Crippen LogP contribution is 2.22. The Morgan fingerprint density at radius 1 is 1.18 bits per heavy atom. The monoisotopic (exact) mass is 379 g/mol. The Morgan fingerprint density at radius 3 is 2.79 bits per heavy atom. The summed E-state index contributed by atoms with van der Waals surface area (Å²) in [6.07, 6.45) is 4.94. The molecule has 0 unspecified atom stereocenters. The van der Waals surface area contributed by atoms with E-state index in [9.17, 15) is 4.79 Å². The zero-order valence-corrected chi connectivity index (χ0v) is 15.1. The van der Waals surface area contributed by atoms with Gasteiger partial charge in [0.25, 0.3) is 0 Å². The van der Waals surface area contributed by atoms with Crippen molar-refractivity contribution in [2.75, 3.05) is 7.11 Å². The molecule has 0 aliphatic heterocycles. The van der Waals surface area contributed by atoms with Gasteiger partial charge in [-0.05, 0) is 42.5 Å². The summed E-state index contributed by atoms with van der Waals surface area (Å²) in [5.74, 6) is 1.35. The number of benzene rings is 1. The summed E-state index contributed by atoms with van der Waals surface area (Å²) < 4.78 is 23.0. The van der Waals surface area contributed by atoms with E-state index in [0.29, 0.717) is 23.9 Å². The third kappa shape index (κ3) is 3.96. The lowest BCUT2D eigenvalue weighted by Gasteiger charge is -2.00. The third-order valence-electron chi connectivity index (χ3n) is 3.98. The fraction of sp³-hybridized carbons (Fsp3) is 0.150. The first kappa shape index (κ1) is 17.6. The molecule has 0 radical (unpaired) electrons. The second-order valence-electron chi connectivity index (χ2n) is 5.92. The lowest BCUT2D eigenvalue weighted by molar-refractivity contribution is 0.0429. The van der Waals surface area contributed by atoms with E-state index in [1.54, 1.807) is 30.1 Å². The molecule has 3 aromatic heterocycles. The standard InChI is InChI=1S/C20H17N3O5/c1-25-16-5-3-14(4-6-16)19-22-15(12-26-19)13-27-20(24)18-8-7-17(28-18)11-23-10-2-9-21-23/h2-10,12H,11,13H2,1H3. The number of esters is 1. The first-order chi connectivity index (χ1) is 13.7. The van der Waals surface area contributed by atoms with Gasteiger partial charge in [-0.3, -0.25) is 4.68 Å². The quantitative estimate of drug-likeness (QED) is 0.453. The lowest BCUT2D eigenvalue weighted by Crippen LogP contribution is -2.04. The molecule has 0 bridgehead atoms. The molecule has 142 valence electrons. The van der Waals surface area contributed by atoms with Crippen LogP contribution in [0.1, 0.15) is 22.0 Å². The molecule has 1 aromatic carbocycles. The highest BCUT2D eigenvalue weighted by Gasteiger charge is 2.15. The van der Waals surface area contributed by atoms with Crippen LogP contribution in [0, 0.1) is 0 Å². The minimum absolute atomic E-state index is 0.0202. The second kappa shape index (κ2) is 7.83. The first-order valence-electron chi connectivity index (χ1n) is 8.53. The maximum atomic E-state index is 12.2. The molecular formula is C20H17N3O5. The molecule has 28 heavy (non-hydrogen) atoms. The Kier molecular flexibility index (Phi) is 4.92. The van der Waals surface area contributed by atoms with Gasteiger partial charge < -0.3 is 18.3 Å². The molecule has 4 rings (SSSR count). The summed E-state index contributed by atoms with van der Waals surface area (Å²) in [4.78, 5) is 16.5. The zero-order chi connectivity index (χ0) is 19.3. The van der Waals surface area contributed by atoms with Crippen LogP contribution in [-0.2, 0) is 17.9 Å². The van der Waals surface area contributed by atoms with E-state index in [2.05, 4.69) is 10.1 Å². The molecule has 0 aliphatic rings. The van der Waals surface area contributed by atoms with Crippen molar-refractivity contribution in [3.05, 3.63) is 78.3 Å². The summed E-state index contributed by atoms with van der Waals surface area (Å²) in [5.41, 5.74) is 1.30. The van der Waals surface area contributed by atoms with Crippen molar-refractivity contribution in [2.45, 2.75) is 13.2 Å². The summed E-state index contributed by atoms with van der Waals surface area (Å²) >= 11 is 0. The minimum atomic E-state index is -0.569. The largest absolute Gasteiger partial charge is 0.497 e. The van der Waals surface area contributed by atoms with E-state index in [-0.39, 0.29) is 12.4 Å². The predicted molar refractivity (Wildman–Crippen MR) is 97.6 cm³/mol. The lowest BCUT2D eigenvalue weighted by atomic mass is 10.2. The average Bonchev–Trinajstić information content (AvgIpc) is 3.49. The molecule has 0 spiro atoms. The number of methoxy groups -OCH3 is 1. The normalized spacial score (nSPS) is 10.8. The summed E-state index contributed by atoms with van der Waals surface area (Å²) in [5, 5.41) is 4.09. The number of hydrogen-bond donors (Lipinski definition) is 0. The van der Waals surface area contributed by atoms with Crippen LogP contribution >= 0.6 is 0 Å². The van der Waals surface area contributed by atoms with Crippen LogP contribution in [0.3, 0.4) is 0 Å². The molecule has 8 heteroatoms. The Bertz CT molecular complexity index is 1050. The molecule has 3 heterocycles. The van der Waals surface area contributed by atoms with Gasteiger partial charge in [-0.1, -0.05) is 0 Å². The predicted octanol–water partition coefficient (Wildman–Crippen LogP) is 3.55. The molecule has 0 amide bonds. The van der Waals surface area contributed by atoms with E-state index in [1.165, 1.54) is 6.26 Å². The van der Waals surface area contributed by atoms with Crippen LogP contribution in [-0.4, -0.2) is 27.8 Å². The van der Waals surface area contributed by atoms with E-state index >= 15 is 0 Å². The fourth-order valence-electron chi connectivity index (χ4n) is 2.58. The van der Waals surface area contributed by atoms with E-state index in [4.69, 9.17) is 18.3 Å². The summed E-state index contributed by atoms with van der Waals surface area (Å²) in [6.45, 7) is 0.419. The number of aromatic nitrogens is 3. The van der Waals surface area contributed by atoms with Crippen LogP contribution < -0.4 is 4.74 Å². The van der Waals surface area contributed by atoms with E-state index in [0.717, 1.165) is 11.3 Å². The maximum absolute atomic E-state index is 12.2. The third-order valence-corrected chi connectivity index (χ3v) is 3.98. The molecule has 8 nitrogen and oxygen atoms in total. The number of carbonyl (C=O) groups excluding carboxylic acids is 1. The van der Waals surface area contributed by atoms with E-state index in [1.807, 2.05) is 36.5 Å². The van der Waals surface area contributed by atoms with Crippen LogP contribution in [0.15, 0.2) is 70.0 Å². The maximum Gasteiger partial charge on any atom is 0.374 e. The van der Waals surface area contributed by atoms with Gasteiger partial charge in [0.15, 0.2) is 0 Å². The summed E-state index contributed by atoms with van der Waals surface area (Å²) in [7, 11) is 1.60. The van der Waals surface area contributed by atoms with Gasteiger partial charge in [-0.2, -0.15) is 5.10 Å². The van der Waals surface area contributed by atoms with E-state index < -0.39 is 5.97 Å². The van der Waals surface area contributed by atoms with Crippen molar-refractivity contribution in [1.29, 1.82) is 0 Å². The Morgan fingerprint density at radius 2 is 2.04 bits per heavy atom. The molecule has 0 N–H and O–H groups in total. The number of hydrogen-bond acceptors (Lipinski definition) is 7. The SMILES string of the molecule is COc1ccc(-c2nc(COC(=O)c3ccc(Cn4cccn4)o3)co2)cc1.